The number of ether oxygens (including phenoxy) is 2. The fourth-order valence-electron chi connectivity index (χ4n) is 2.23. The van der Waals surface area contributed by atoms with E-state index in [1.54, 1.807) is 12.4 Å². The molecule has 2 heterocycles. The third kappa shape index (κ3) is 2.43. The van der Waals surface area contributed by atoms with Crippen LogP contribution in [0.2, 0.25) is 5.02 Å². The van der Waals surface area contributed by atoms with E-state index in [0.29, 0.717) is 18.2 Å². The van der Waals surface area contributed by atoms with Gasteiger partial charge >= 0.3 is 0 Å². The Bertz CT molecular complexity index is 621. The molecule has 1 unspecified atom stereocenters. The molecule has 0 saturated carbocycles. The molecule has 0 amide bonds. The van der Waals surface area contributed by atoms with Crippen LogP contribution in [-0.4, -0.2) is 18.2 Å². The Balaban J connectivity index is 1.99. The lowest BCUT2D eigenvalue weighted by molar-refractivity contribution is 0.171. The maximum absolute atomic E-state index is 6.18. The number of fused-ring (bicyclic) bond motifs is 1. The molecule has 0 radical (unpaired) electrons. The molecular weight excluding hydrogens is 278 g/mol. The third-order valence-electron chi connectivity index (χ3n) is 3.18. The Hall–Kier alpha value is -1.82. The smallest absolute Gasteiger partial charge is 0.161 e. The minimum absolute atomic E-state index is 0.235. The molecule has 1 atom stereocenters. The standard InChI is InChI=1S/C14H14ClN3O2/c15-11-8-17-4-3-10(11)14(18-16)9-1-2-12-13(7-9)20-6-5-19-12/h1-4,7-8,14,18H,5-6,16H2. The van der Waals surface area contributed by atoms with E-state index in [2.05, 4.69) is 10.4 Å². The largest absolute Gasteiger partial charge is 0.486 e. The number of nitrogens with one attached hydrogen (secondary N) is 1. The molecule has 1 aliphatic rings. The van der Waals surface area contributed by atoms with E-state index in [9.17, 15) is 0 Å². The van der Waals surface area contributed by atoms with E-state index in [-0.39, 0.29) is 6.04 Å². The molecule has 1 aromatic heterocycles. The van der Waals surface area contributed by atoms with Crippen molar-refractivity contribution in [3.63, 3.8) is 0 Å². The second-order valence-corrected chi connectivity index (χ2v) is 4.81. The van der Waals surface area contributed by atoms with Gasteiger partial charge in [-0.1, -0.05) is 17.7 Å². The van der Waals surface area contributed by atoms with Crippen LogP contribution in [0.5, 0.6) is 11.5 Å². The van der Waals surface area contributed by atoms with Gasteiger partial charge in [0.1, 0.15) is 13.2 Å². The van der Waals surface area contributed by atoms with E-state index >= 15 is 0 Å². The zero-order chi connectivity index (χ0) is 13.9. The van der Waals surface area contributed by atoms with Crippen LogP contribution < -0.4 is 20.7 Å². The van der Waals surface area contributed by atoms with Gasteiger partial charge in [0.2, 0.25) is 0 Å². The Kier molecular flexibility index (Phi) is 3.73. The summed E-state index contributed by atoms with van der Waals surface area (Å²) in [4.78, 5) is 3.98. The van der Waals surface area contributed by atoms with Gasteiger partial charge in [0, 0.05) is 12.4 Å². The minimum atomic E-state index is -0.235. The highest BCUT2D eigenvalue weighted by Crippen LogP contribution is 2.35. The maximum Gasteiger partial charge on any atom is 0.161 e. The zero-order valence-corrected chi connectivity index (χ0v) is 11.4. The Morgan fingerprint density at radius 3 is 2.75 bits per heavy atom. The highest BCUT2D eigenvalue weighted by Gasteiger charge is 2.19. The molecule has 1 aromatic carbocycles. The van der Waals surface area contributed by atoms with Gasteiger partial charge in [-0.3, -0.25) is 10.8 Å². The second-order valence-electron chi connectivity index (χ2n) is 4.40. The van der Waals surface area contributed by atoms with Gasteiger partial charge in [0.05, 0.1) is 11.1 Å². The first kappa shape index (κ1) is 13.2. The van der Waals surface area contributed by atoms with Crippen LogP contribution in [0.15, 0.2) is 36.7 Å². The predicted molar refractivity (Wildman–Crippen MR) is 75.8 cm³/mol. The van der Waals surface area contributed by atoms with Crippen LogP contribution in [0.3, 0.4) is 0 Å². The van der Waals surface area contributed by atoms with Gasteiger partial charge in [-0.05, 0) is 29.3 Å². The molecule has 0 fully saturated rings. The van der Waals surface area contributed by atoms with E-state index < -0.39 is 0 Å². The predicted octanol–water partition coefficient (Wildman–Crippen LogP) is 2.06. The summed E-state index contributed by atoms with van der Waals surface area (Å²) in [6.45, 7) is 1.12. The summed E-state index contributed by atoms with van der Waals surface area (Å²) in [5, 5.41) is 0.560. The van der Waals surface area contributed by atoms with Crippen molar-refractivity contribution in [3.05, 3.63) is 52.8 Å². The summed E-state index contributed by atoms with van der Waals surface area (Å²) in [6, 6.07) is 7.33. The van der Waals surface area contributed by atoms with Crippen molar-refractivity contribution in [2.24, 2.45) is 5.84 Å². The number of hydrogen-bond acceptors (Lipinski definition) is 5. The first-order valence-corrected chi connectivity index (χ1v) is 6.62. The number of nitrogens with two attached hydrogens (primary N) is 1. The topological polar surface area (TPSA) is 69.4 Å². The van der Waals surface area contributed by atoms with Crippen molar-refractivity contribution < 1.29 is 9.47 Å². The van der Waals surface area contributed by atoms with E-state index in [0.717, 1.165) is 22.6 Å². The fourth-order valence-corrected chi connectivity index (χ4v) is 2.45. The SMILES string of the molecule is NNC(c1ccc2c(c1)OCCO2)c1ccncc1Cl. The summed E-state index contributed by atoms with van der Waals surface area (Å²) in [5.41, 5.74) is 4.58. The number of aromatic nitrogens is 1. The van der Waals surface area contributed by atoms with Crippen LogP contribution in [0.25, 0.3) is 0 Å². The molecule has 1 aliphatic heterocycles. The van der Waals surface area contributed by atoms with Crippen molar-refractivity contribution in [1.29, 1.82) is 0 Å². The van der Waals surface area contributed by atoms with Crippen molar-refractivity contribution >= 4 is 11.6 Å². The first-order chi connectivity index (χ1) is 9.79. The van der Waals surface area contributed by atoms with Gasteiger partial charge < -0.3 is 9.47 Å². The van der Waals surface area contributed by atoms with Gasteiger partial charge in [-0.25, -0.2) is 5.43 Å². The Morgan fingerprint density at radius 1 is 1.20 bits per heavy atom. The third-order valence-corrected chi connectivity index (χ3v) is 3.50. The molecule has 104 valence electrons. The summed E-state index contributed by atoms with van der Waals surface area (Å²) in [5.74, 6) is 7.15. The zero-order valence-electron chi connectivity index (χ0n) is 10.7. The van der Waals surface area contributed by atoms with Crippen molar-refractivity contribution in [3.8, 4) is 11.5 Å². The molecule has 0 bridgehead atoms. The molecule has 2 aromatic rings. The van der Waals surface area contributed by atoms with E-state index in [4.69, 9.17) is 26.9 Å². The van der Waals surface area contributed by atoms with Gasteiger partial charge in [-0.15, -0.1) is 0 Å². The van der Waals surface area contributed by atoms with Crippen LogP contribution in [0, 0.1) is 0 Å². The molecule has 0 saturated heterocycles. The quantitative estimate of drug-likeness (QED) is 0.669. The first-order valence-electron chi connectivity index (χ1n) is 6.24. The van der Waals surface area contributed by atoms with Gasteiger partial charge in [-0.2, -0.15) is 0 Å². The van der Waals surface area contributed by atoms with Crippen molar-refractivity contribution in [1.82, 2.24) is 10.4 Å². The lowest BCUT2D eigenvalue weighted by Crippen LogP contribution is -2.29. The monoisotopic (exact) mass is 291 g/mol. The molecule has 3 N–H and O–H groups in total. The summed E-state index contributed by atoms with van der Waals surface area (Å²) >= 11 is 6.18. The number of hydrazine groups is 1. The van der Waals surface area contributed by atoms with E-state index in [1.165, 1.54) is 0 Å². The Morgan fingerprint density at radius 2 is 2.00 bits per heavy atom. The Labute approximate surface area is 121 Å². The van der Waals surface area contributed by atoms with Crippen LogP contribution in [0.4, 0.5) is 0 Å². The number of nitrogens with zero attached hydrogens (tertiary/aromatic N) is 1. The molecule has 3 rings (SSSR count). The summed E-state index contributed by atoms with van der Waals surface area (Å²) in [6.07, 6.45) is 3.28. The second kappa shape index (κ2) is 5.66. The number of benzene rings is 1. The molecule has 0 spiro atoms. The van der Waals surface area contributed by atoms with Crippen molar-refractivity contribution in [2.45, 2.75) is 6.04 Å². The molecular formula is C14H14ClN3O2. The highest BCUT2D eigenvalue weighted by atomic mass is 35.5. The molecule has 0 aliphatic carbocycles. The van der Waals surface area contributed by atoms with Gasteiger partial charge in [0.25, 0.3) is 0 Å². The highest BCUT2D eigenvalue weighted by molar-refractivity contribution is 6.31. The fraction of sp³-hybridized carbons (Fsp3) is 0.214. The van der Waals surface area contributed by atoms with Crippen LogP contribution in [0.1, 0.15) is 17.2 Å². The molecule has 6 heteroatoms. The number of pyridine rings is 1. The van der Waals surface area contributed by atoms with Gasteiger partial charge in [0.15, 0.2) is 11.5 Å². The minimum Gasteiger partial charge on any atom is -0.486 e. The average Bonchev–Trinajstić information content (AvgIpc) is 2.50. The summed E-state index contributed by atoms with van der Waals surface area (Å²) in [7, 11) is 0. The number of rotatable bonds is 3. The normalized spacial score (nSPS) is 14.9. The molecule has 20 heavy (non-hydrogen) atoms. The average molecular weight is 292 g/mol. The number of hydrogen-bond donors (Lipinski definition) is 2. The maximum atomic E-state index is 6.18. The lowest BCUT2D eigenvalue weighted by atomic mass is 9.99. The van der Waals surface area contributed by atoms with Crippen LogP contribution in [-0.2, 0) is 0 Å². The van der Waals surface area contributed by atoms with Crippen molar-refractivity contribution in [2.75, 3.05) is 13.2 Å². The lowest BCUT2D eigenvalue weighted by Gasteiger charge is -2.22. The summed E-state index contributed by atoms with van der Waals surface area (Å²) < 4.78 is 11.1. The van der Waals surface area contributed by atoms with E-state index in [1.807, 2.05) is 24.3 Å². The van der Waals surface area contributed by atoms with Crippen LogP contribution >= 0.6 is 11.6 Å². The molecule has 5 nitrogen and oxygen atoms in total. The number of halogens is 1.